The van der Waals surface area contributed by atoms with Crippen LogP contribution in [0.25, 0.3) is 23.0 Å². The average Bonchev–Trinajstić information content (AvgIpc) is 3.43. The molecular weight excluding hydrogens is 503 g/mol. The Bertz CT molecular complexity index is 1670. The monoisotopic (exact) mass is 528 g/mol. The van der Waals surface area contributed by atoms with Crippen LogP contribution in [-0.4, -0.2) is 15.7 Å². The fourth-order valence-electron chi connectivity index (χ4n) is 4.09. The number of nitriles is 1. The summed E-state index contributed by atoms with van der Waals surface area (Å²) in [6, 6.07) is 34.8. The quantitative estimate of drug-likeness (QED) is 0.175. The Hall–Kier alpha value is -5.48. The van der Waals surface area contributed by atoms with Crippen LogP contribution in [0, 0.1) is 17.1 Å². The maximum atomic E-state index is 13.9. The van der Waals surface area contributed by atoms with E-state index in [1.165, 1.54) is 6.07 Å². The molecule has 0 aliphatic carbocycles. The van der Waals surface area contributed by atoms with E-state index in [9.17, 15) is 14.4 Å². The van der Waals surface area contributed by atoms with Crippen LogP contribution >= 0.6 is 0 Å². The fourth-order valence-corrected chi connectivity index (χ4v) is 4.09. The van der Waals surface area contributed by atoms with Crippen LogP contribution in [0.15, 0.2) is 121 Å². The highest BCUT2D eigenvalue weighted by Gasteiger charge is 2.15. The Balaban J connectivity index is 1.41. The van der Waals surface area contributed by atoms with Crippen molar-refractivity contribution in [3.05, 3.63) is 143 Å². The van der Waals surface area contributed by atoms with Crippen molar-refractivity contribution < 1.29 is 13.9 Å². The number of ether oxygens (including phenoxy) is 1. The third-order valence-corrected chi connectivity index (χ3v) is 6.20. The molecule has 1 heterocycles. The van der Waals surface area contributed by atoms with E-state index < -0.39 is 5.91 Å². The predicted molar refractivity (Wildman–Crippen MR) is 152 cm³/mol. The van der Waals surface area contributed by atoms with E-state index in [4.69, 9.17) is 9.84 Å². The number of rotatable bonds is 9. The predicted octanol–water partition coefficient (Wildman–Crippen LogP) is 6.48. The highest BCUT2D eigenvalue weighted by molar-refractivity contribution is 6.02. The van der Waals surface area contributed by atoms with Crippen molar-refractivity contribution in [1.82, 2.24) is 15.1 Å². The SMILES string of the molecule is N#C/C(=C\c1cn(-c2ccccc2)nc1-c1ccc(OCc2ccccc2F)cc1)C(=O)NCc1ccccc1. The minimum atomic E-state index is -0.471. The molecule has 0 atom stereocenters. The summed E-state index contributed by atoms with van der Waals surface area (Å²) < 4.78 is 21.4. The van der Waals surface area contributed by atoms with Crippen molar-refractivity contribution in [3.8, 4) is 28.8 Å². The molecule has 40 heavy (non-hydrogen) atoms. The van der Waals surface area contributed by atoms with Crippen molar-refractivity contribution in [2.45, 2.75) is 13.2 Å². The normalized spacial score (nSPS) is 11.1. The van der Waals surface area contributed by atoms with Gasteiger partial charge in [0.1, 0.15) is 29.8 Å². The fraction of sp³-hybridized carbons (Fsp3) is 0.0606. The molecule has 0 bridgehead atoms. The molecule has 6 nitrogen and oxygen atoms in total. The number of nitrogens with zero attached hydrogens (tertiary/aromatic N) is 3. The maximum Gasteiger partial charge on any atom is 0.262 e. The number of aromatic nitrogens is 2. The summed E-state index contributed by atoms with van der Waals surface area (Å²) in [7, 11) is 0. The molecular formula is C33H25FN4O2. The molecule has 0 saturated carbocycles. The van der Waals surface area contributed by atoms with E-state index in [0.717, 1.165) is 16.8 Å². The van der Waals surface area contributed by atoms with Crippen LogP contribution in [0.1, 0.15) is 16.7 Å². The molecule has 1 aromatic heterocycles. The summed E-state index contributed by atoms with van der Waals surface area (Å²) in [6.45, 7) is 0.412. The van der Waals surface area contributed by atoms with Gasteiger partial charge in [0.05, 0.1) is 11.4 Å². The summed E-state index contributed by atoms with van der Waals surface area (Å²) in [4.78, 5) is 12.9. The molecule has 0 spiro atoms. The molecule has 0 saturated heterocycles. The van der Waals surface area contributed by atoms with Crippen LogP contribution in [0.2, 0.25) is 0 Å². The minimum absolute atomic E-state index is 0.0327. The third kappa shape index (κ3) is 6.32. The molecule has 1 N–H and O–H groups in total. The van der Waals surface area contributed by atoms with Gasteiger partial charge in [0.2, 0.25) is 0 Å². The molecule has 1 amide bonds. The van der Waals surface area contributed by atoms with Gasteiger partial charge in [-0.3, -0.25) is 4.79 Å². The number of hydrogen-bond acceptors (Lipinski definition) is 4. The molecule has 5 rings (SSSR count). The minimum Gasteiger partial charge on any atom is -0.489 e. The van der Waals surface area contributed by atoms with Crippen LogP contribution in [0.4, 0.5) is 4.39 Å². The number of benzene rings is 4. The summed E-state index contributed by atoms with van der Waals surface area (Å²) in [5, 5.41) is 17.4. The number of amides is 1. The number of para-hydroxylation sites is 1. The molecule has 0 aliphatic heterocycles. The van der Waals surface area contributed by atoms with E-state index >= 15 is 0 Å². The highest BCUT2D eigenvalue weighted by atomic mass is 19.1. The van der Waals surface area contributed by atoms with Crippen molar-refractivity contribution in [2.24, 2.45) is 0 Å². The molecule has 196 valence electrons. The van der Waals surface area contributed by atoms with Gasteiger partial charge in [-0.1, -0.05) is 66.7 Å². The molecule has 7 heteroatoms. The molecule has 0 unspecified atom stereocenters. The Labute approximate surface area is 231 Å². The number of hydrogen-bond donors (Lipinski definition) is 1. The van der Waals surface area contributed by atoms with Gasteiger partial charge in [0.25, 0.3) is 5.91 Å². The standard InChI is InChI=1S/C33H25FN4O2/c34-31-14-8-7-11-26(31)23-40-30-17-15-25(16-18-30)32-28(22-38(37-32)29-12-5-2-6-13-29)19-27(20-35)33(39)36-21-24-9-3-1-4-10-24/h1-19,22H,21,23H2,(H,36,39)/b27-19+. The lowest BCUT2D eigenvalue weighted by Gasteiger charge is -2.08. The first-order valence-electron chi connectivity index (χ1n) is 12.7. The first-order chi connectivity index (χ1) is 19.6. The van der Waals surface area contributed by atoms with E-state index in [2.05, 4.69) is 5.32 Å². The lowest BCUT2D eigenvalue weighted by molar-refractivity contribution is -0.117. The first kappa shape index (κ1) is 26.1. The van der Waals surface area contributed by atoms with E-state index in [1.807, 2.05) is 78.9 Å². The number of halogens is 1. The van der Waals surface area contributed by atoms with Crippen LogP contribution in [0.3, 0.4) is 0 Å². The summed E-state index contributed by atoms with van der Waals surface area (Å²) >= 11 is 0. The smallest absolute Gasteiger partial charge is 0.262 e. The van der Waals surface area contributed by atoms with E-state index in [0.29, 0.717) is 29.1 Å². The largest absolute Gasteiger partial charge is 0.489 e. The van der Waals surface area contributed by atoms with Crippen LogP contribution in [0.5, 0.6) is 5.75 Å². The molecule has 5 aromatic rings. The van der Waals surface area contributed by atoms with Gasteiger partial charge in [-0.05, 0) is 54.1 Å². The van der Waals surface area contributed by atoms with Gasteiger partial charge >= 0.3 is 0 Å². The Morgan fingerprint density at radius 2 is 1.60 bits per heavy atom. The summed E-state index contributed by atoms with van der Waals surface area (Å²) in [5.74, 6) is -0.214. The van der Waals surface area contributed by atoms with Gasteiger partial charge in [0.15, 0.2) is 0 Å². The average molecular weight is 529 g/mol. The van der Waals surface area contributed by atoms with Crippen molar-refractivity contribution >= 4 is 12.0 Å². The number of nitrogens with one attached hydrogen (secondary N) is 1. The Kier molecular flexibility index (Phi) is 8.09. The topological polar surface area (TPSA) is 79.9 Å². The lowest BCUT2D eigenvalue weighted by atomic mass is 10.1. The summed E-state index contributed by atoms with van der Waals surface area (Å²) in [5.41, 5.74) is 4.16. The zero-order chi connectivity index (χ0) is 27.7. The second-order valence-corrected chi connectivity index (χ2v) is 8.96. The van der Waals surface area contributed by atoms with Crippen molar-refractivity contribution in [2.75, 3.05) is 0 Å². The van der Waals surface area contributed by atoms with Crippen LogP contribution in [-0.2, 0) is 17.9 Å². The first-order valence-corrected chi connectivity index (χ1v) is 12.7. The van der Waals surface area contributed by atoms with Crippen LogP contribution < -0.4 is 10.1 Å². The third-order valence-electron chi connectivity index (χ3n) is 6.20. The highest BCUT2D eigenvalue weighted by Crippen LogP contribution is 2.28. The second-order valence-electron chi connectivity index (χ2n) is 8.96. The molecule has 4 aromatic carbocycles. The Morgan fingerprint density at radius 3 is 2.30 bits per heavy atom. The Morgan fingerprint density at radius 1 is 0.925 bits per heavy atom. The van der Waals surface area contributed by atoms with Gasteiger partial charge < -0.3 is 10.1 Å². The number of carbonyl (C=O) groups excluding carboxylic acids is 1. The van der Waals surface area contributed by atoms with Crippen molar-refractivity contribution in [1.29, 1.82) is 5.26 Å². The maximum absolute atomic E-state index is 13.9. The molecule has 0 radical (unpaired) electrons. The van der Waals surface area contributed by atoms with Gasteiger partial charge in [-0.25, -0.2) is 9.07 Å². The molecule has 0 aliphatic rings. The summed E-state index contributed by atoms with van der Waals surface area (Å²) in [6.07, 6.45) is 3.33. The zero-order valence-electron chi connectivity index (χ0n) is 21.5. The van der Waals surface area contributed by atoms with Gasteiger partial charge in [-0.2, -0.15) is 10.4 Å². The molecule has 0 fully saturated rings. The van der Waals surface area contributed by atoms with E-state index in [1.54, 1.807) is 47.3 Å². The lowest BCUT2D eigenvalue weighted by Crippen LogP contribution is -2.23. The van der Waals surface area contributed by atoms with E-state index in [-0.39, 0.29) is 18.0 Å². The van der Waals surface area contributed by atoms with Gasteiger partial charge in [-0.15, -0.1) is 0 Å². The zero-order valence-corrected chi connectivity index (χ0v) is 21.5. The number of carbonyl (C=O) groups is 1. The second kappa shape index (κ2) is 12.4. The van der Waals surface area contributed by atoms with Crippen molar-refractivity contribution in [3.63, 3.8) is 0 Å². The van der Waals surface area contributed by atoms with Gasteiger partial charge in [0, 0.05) is 29.4 Å².